The minimum absolute atomic E-state index is 0.00718. The molecule has 0 saturated heterocycles. The Morgan fingerprint density at radius 2 is 1.33 bits per heavy atom. The number of hydrogen-bond acceptors (Lipinski definition) is 12. The highest BCUT2D eigenvalue weighted by Crippen LogP contribution is 2.31. The van der Waals surface area contributed by atoms with Crippen molar-refractivity contribution >= 4 is 111 Å². The number of carbonyl (C=O) groups is 2. The molecule has 0 aliphatic rings. The van der Waals surface area contributed by atoms with E-state index in [2.05, 4.69) is 51.8 Å². The molecule has 2 N–H and O–H groups in total. The summed E-state index contributed by atoms with van der Waals surface area (Å²) >= 11 is 15.6. The van der Waals surface area contributed by atoms with Crippen LogP contribution in [0.1, 0.15) is 35.1 Å². The molecule has 4 heterocycles. The molecule has 6 rings (SSSR count). The van der Waals surface area contributed by atoms with Crippen LogP contribution in [-0.4, -0.2) is 62.3 Å². The van der Waals surface area contributed by atoms with E-state index in [1.54, 1.807) is 49.4 Å². The van der Waals surface area contributed by atoms with Crippen molar-refractivity contribution in [2.24, 2.45) is 0 Å². The van der Waals surface area contributed by atoms with Crippen LogP contribution in [0.5, 0.6) is 0 Å². The van der Waals surface area contributed by atoms with E-state index in [0.717, 1.165) is 35.1 Å². The lowest BCUT2D eigenvalue weighted by Crippen LogP contribution is -2.29. The van der Waals surface area contributed by atoms with E-state index >= 15 is 0 Å². The van der Waals surface area contributed by atoms with E-state index in [-0.39, 0.29) is 16.8 Å². The lowest BCUT2D eigenvalue weighted by Gasteiger charge is -2.06. The fourth-order valence-corrected chi connectivity index (χ4v) is 6.44. The van der Waals surface area contributed by atoms with Crippen molar-refractivity contribution in [3.05, 3.63) is 97.2 Å². The van der Waals surface area contributed by atoms with Gasteiger partial charge in [0.05, 0.1) is 39.3 Å². The molecular formula is C30H24BBr2ClN4O6S2. The zero-order valence-electron chi connectivity index (χ0n) is 24.2. The third kappa shape index (κ3) is 9.38. The first kappa shape index (κ1) is 35.5. The molecule has 0 bridgehead atoms. The third-order valence-electron chi connectivity index (χ3n) is 5.73. The lowest BCUT2D eigenvalue weighted by atomic mass is 9.81. The van der Waals surface area contributed by atoms with Gasteiger partial charge in [-0.1, -0.05) is 67.7 Å². The summed E-state index contributed by atoms with van der Waals surface area (Å²) in [6.45, 7) is 4.08. The summed E-state index contributed by atoms with van der Waals surface area (Å²) in [5, 5.41) is 21.4. The van der Waals surface area contributed by atoms with E-state index in [9.17, 15) is 9.59 Å². The number of nitrogens with zero attached hydrogens (tertiary/aromatic N) is 4. The minimum Gasteiger partial charge on any atom is -0.460 e. The van der Waals surface area contributed by atoms with Gasteiger partial charge in [-0.2, -0.15) is 0 Å². The van der Waals surface area contributed by atoms with Gasteiger partial charge >= 0.3 is 19.1 Å². The second-order valence-corrected chi connectivity index (χ2v) is 12.9. The van der Waals surface area contributed by atoms with Crippen LogP contribution in [0.15, 0.2) is 80.4 Å². The first-order valence-electron chi connectivity index (χ1n) is 13.5. The number of fused-ring (bicyclic) bond motifs is 2. The molecule has 236 valence electrons. The zero-order chi connectivity index (χ0) is 33.2. The Hall–Kier alpha value is -3.31. The summed E-state index contributed by atoms with van der Waals surface area (Å²) < 4.78 is 13.3. The van der Waals surface area contributed by atoms with Crippen LogP contribution in [0.3, 0.4) is 0 Å². The van der Waals surface area contributed by atoms with Gasteiger partial charge in [0.15, 0.2) is 5.15 Å². The summed E-state index contributed by atoms with van der Waals surface area (Å²) in [5.41, 5.74) is 3.61. The first-order chi connectivity index (χ1) is 22.1. The van der Waals surface area contributed by atoms with Crippen molar-refractivity contribution in [2.75, 3.05) is 13.2 Å². The largest absolute Gasteiger partial charge is 0.488 e. The normalized spacial score (nSPS) is 10.4. The Morgan fingerprint density at radius 1 is 0.783 bits per heavy atom. The topological polar surface area (TPSA) is 145 Å². The number of rotatable bonds is 6. The highest BCUT2D eigenvalue weighted by atomic mass is 79.9. The molecule has 0 amide bonds. The van der Waals surface area contributed by atoms with Crippen LogP contribution in [0.25, 0.3) is 31.7 Å². The maximum Gasteiger partial charge on any atom is 0.488 e. The maximum atomic E-state index is 11.9. The number of esters is 2. The molecule has 0 fully saturated rings. The summed E-state index contributed by atoms with van der Waals surface area (Å²) in [4.78, 5) is 39.9. The van der Waals surface area contributed by atoms with Crippen LogP contribution in [0.4, 0.5) is 0 Å². The number of halogens is 3. The average molecular weight is 807 g/mol. The minimum atomic E-state index is -1.38. The first-order valence-corrected chi connectivity index (χ1v) is 17.2. The fourth-order valence-electron chi connectivity index (χ4n) is 3.76. The molecule has 2 aromatic carbocycles. The van der Waals surface area contributed by atoms with Gasteiger partial charge in [-0.05, 0) is 66.5 Å². The average Bonchev–Trinajstić information content (AvgIpc) is 3.72. The molecule has 0 aliphatic carbocycles. The van der Waals surface area contributed by atoms with Crippen molar-refractivity contribution in [2.45, 2.75) is 13.8 Å². The van der Waals surface area contributed by atoms with Crippen molar-refractivity contribution < 1.29 is 29.1 Å². The fraction of sp³-hybridized carbons (Fsp3) is 0.133. The smallest absolute Gasteiger partial charge is 0.460 e. The monoisotopic (exact) mass is 804 g/mol. The molecule has 6 aromatic rings. The number of carbonyl (C=O) groups excluding carboxylic acids is 2. The molecule has 0 radical (unpaired) electrons. The highest BCUT2D eigenvalue weighted by Gasteiger charge is 2.17. The summed E-state index contributed by atoms with van der Waals surface area (Å²) in [7, 11) is -1.38. The Kier molecular flexibility index (Phi) is 13.2. The Labute approximate surface area is 293 Å². The van der Waals surface area contributed by atoms with Gasteiger partial charge in [0.2, 0.25) is 11.6 Å². The molecular weight excluding hydrogens is 783 g/mol. The molecule has 0 aliphatic heterocycles. The van der Waals surface area contributed by atoms with Gasteiger partial charge in [0, 0.05) is 14.5 Å². The zero-order valence-corrected chi connectivity index (χ0v) is 29.7. The summed E-state index contributed by atoms with van der Waals surface area (Å²) in [6.07, 6.45) is 0. The second-order valence-electron chi connectivity index (χ2n) is 8.88. The molecule has 0 unspecified atom stereocenters. The van der Waals surface area contributed by atoms with Gasteiger partial charge in [0.1, 0.15) is 0 Å². The molecule has 16 heteroatoms. The van der Waals surface area contributed by atoms with Crippen LogP contribution >= 0.6 is 66.1 Å². The van der Waals surface area contributed by atoms with Crippen LogP contribution in [0, 0.1) is 0 Å². The number of thiophene rings is 2. The van der Waals surface area contributed by atoms with Gasteiger partial charge < -0.3 is 19.5 Å². The highest BCUT2D eigenvalue weighted by molar-refractivity contribution is 9.10. The quantitative estimate of drug-likeness (QED) is 0.103. The van der Waals surface area contributed by atoms with Crippen LogP contribution in [0.2, 0.25) is 5.15 Å². The van der Waals surface area contributed by atoms with E-state index in [1.165, 1.54) is 11.3 Å². The number of ether oxygens (including phenoxy) is 2. The SMILES string of the molecule is CCOC(=O)c1nc(-c2cccc(Br)c2)c2sccc2n1.CCOC(=O)c1nc(Cl)c2sccc2n1.OB(O)c1cccc(Br)c1. The molecule has 0 spiro atoms. The lowest BCUT2D eigenvalue weighted by molar-refractivity contribution is 0.0503. The van der Waals surface area contributed by atoms with E-state index in [0.29, 0.717) is 24.2 Å². The van der Waals surface area contributed by atoms with E-state index < -0.39 is 19.1 Å². The predicted octanol–water partition coefficient (Wildman–Crippen LogP) is 6.95. The maximum absolute atomic E-state index is 11.9. The number of benzene rings is 2. The Morgan fingerprint density at radius 3 is 1.87 bits per heavy atom. The Balaban J connectivity index is 0.000000168. The third-order valence-corrected chi connectivity index (χ3v) is 8.92. The van der Waals surface area contributed by atoms with Crippen molar-refractivity contribution in [3.63, 3.8) is 0 Å². The van der Waals surface area contributed by atoms with Crippen molar-refractivity contribution in [1.82, 2.24) is 19.9 Å². The van der Waals surface area contributed by atoms with Crippen LogP contribution in [-0.2, 0) is 9.47 Å². The Bertz CT molecular complexity index is 1980. The summed E-state index contributed by atoms with van der Waals surface area (Å²) in [6, 6.07) is 18.4. The van der Waals surface area contributed by atoms with Gasteiger partial charge in [0.25, 0.3) is 0 Å². The summed E-state index contributed by atoms with van der Waals surface area (Å²) in [5.74, 6) is -0.945. The van der Waals surface area contributed by atoms with Crippen molar-refractivity contribution in [3.8, 4) is 11.3 Å². The van der Waals surface area contributed by atoms with Gasteiger partial charge in [-0.25, -0.2) is 29.5 Å². The molecule has 10 nitrogen and oxygen atoms in total. The van der Waals surface area contributed by atoms with Gasteiger partial charge in [-0.15, -0.1) is 22.7 Å². The molecule has 4 aromatic heterocycles. The predicted molar refractivity (Wildman–Crippen MR) is 189 cm³/mol. The molecule has 0 saturated carbocycles. The number of hydrogen-bond donors (Lipinski definition) is 2. The van der Waals surface area contributed by atoms with Crippen LogP contribution < -0.4 is 5.46 Å². The van der Waals surface area contributed by atoms with E-state index in [1.807, 2.05) is 47.2 Å². The standard InChI is InChI=1S/C15H11BrN2O2S.C9H7ClN2O2S.C6H6BBrO2/c1-2-20-15(19)14-17-11-6-7-21-13(11)12(18-14)9-4-3-5-10(16)8-9;1-2-14-9(13)8-11-5-3-4-15-6(5)7(10)12-8;8-6-3-1-2-5(4-6)7(9)10/h3-8H,2H2,1H3;3-4H,2H2,1H3;1-4,9-10H. The molecule has 46 heavy (non-hydrogen) atoms. The number of aromatic nitrogens is 4. The van der Waals surface area contributed by atoms with E-state index in [4.69, 9.17) is 31.1 Å². The second kappa shape index (κ2) is 17.0. The van der Waals surface area contributed by atoms with Crippen molar-refractivity contribution in [1.29, 1.82) is 0 Å². The molecule has 0 atom stereocenters. The van der Waals surface area contributed by atoms with Gasteiger partial charge in [-0.3, -0.25) is 0 Å².